The minimum Gasteiger partial charge on any atom is -0.505 e. The van der Waals surface area contributed by atoms with E-state index in [0.29, 0.717) is 13.0 Å². The minimum absolute atomic E-state index is 0.0955. The van der Waals surface area contributed by atoms with Crippen LogP contribution in [0.15, 0.2) is 18.5 Å². The Kier molecular flexibility index (Phi) is 3.45. The number of hydrogen-bond donors (Lipinski definition) is 2. The van der Waals surface area contributed by atoms with Gasteiger partial charge in [-0.2, -0.15) is 0 Å². The SMILES string of the molecule is O=C(O)[C@H]1CCCCN1C(=O)c1ccncc1O. The fourth-order valence-electron chi connectivity index (χ4n) is 2.15. The molecule has 1 aromatic heterocycles. The first-order chi connectivity index (χ1) is 8.61. The zero-order valence-electron chi connectivity index (χ0n) is 9.74. The lowest BCUT2D eigenvalue weighted by atomic mass is 10.0. The van der Waals surface area contributed by atoms with E-state index in [4.69, 9.17) is 5.11 Å². The van der Waals surface area contributed by atoms with E-state index in [-0.39, 0.29) is 11.3 Å². The molecule has 1 aliphatic rings. The van der Waals surface area contributed by atoms with Gasteiger partial charge in [0.05, 0.1) is 11.8 Å². The summed E-state index contributed by atoms with van der Waals surface area (Å²) in [6.07, 6.45) is 4.59. The molecule has 1 saturated heterocycles. The van der Waals surface area contributed by atoms with Crippen LogP contribution in [-0.2, 0) is 4.79 Å². The number of aromatic hydroxyl groups is 1. The number of pyridine rings is 1. The zero-order valence-corrected chi connectivity index (χ0v) is 9.74. The molecule has 6 nitrogen and oxygen atoms in total. The molecule has 0 radical (unpaired) electrons. The van der Waals surface area contributed by atoms with Crippen molar-refractivity contribution in [3.8, 4) is 5.75 Å². The van der Waals surface area contributed by atoms with Gasteiger partial charge >= 0.3 is 5.97 Å². The number of likely N-dealkylation sites (tertiary alicyclic amines) is 1. The van der Waals surface area contributed by atoms with Crippen molar-refractivity contribution in [3.05, 3.63) is 24.0 Å². The molecule has 1 fully saturated rings. The van der Waals surface area contributed by atoms with Crippen LogP contribution in [0.1, 0.15) is 29.6 Å². The number of carboxylic acid groups (broad SMARTS) is 1. The van der Waals surface area contributed by atoms with E-state index in [1.807, 2.05) is 0 Å². The van der Waals surface area contributed by atoms with Crippen LogP contribution >= 0.6 is 0 Å². The topological polar surface area (TPSA) is 90.7 Å². The van der Waals surface area contributed by atoms with Crippen LogP contribution < -0.4 is 0 Å². The molecular formula is C12H14N2O4. The third kappa shape index (κ3) is 2.27. The van der Waals surface area contributed by atoms with Crippen molar-refractivity contribution in [2.75, 3.05) is 6.54 Å². The van der Waals surface area contributed by atoms with Gasteiger partial charge in [0.25, 0.3) is 5.91 Å². The maximum absolute atomic E-state index is 12.2. The lowest BCUT2D eigenvalue weighted by Crippen LogP contribution is -2.48. The molecule has 96 valence electrons. The van der Waals surface area contributed by atoms with Gasteiger partial charge in [-0.25, -0.2) is 4.79 Å². The summed E-state index contributed by atoms with van der Waals surface area (Å²) in [5.74, 6) is -1.68. The zero-order chi connectivity index (χ0) is 13.1. The number of carbonyl (C=O) groups excluding carboxylic acids is 1. The molecule has 2 rings (SSSR count). The third-order valence-corrected chi connectivity index (χ3v) is 3.08. The van der Waals surface area contributed by atoms with E-state index in [0.717, 1.165) is 12.8 Å². The van der Waals surface area contributed by atoms with Crippen molar-refractivity contribution >= 4 is 11.9 Å². The van der Waals surface area contributed by atoms with Gasteiger partial charge in [-0.05, 0) is 25.3 Å². The first-order valence-corrected chi connectivity index (χ1v) is 5.78. The minimum atomic E-state index is -1.00. The Bertz CT molecular complexity index is 475. The van der Waals surface area contributed by atoms with Gasteiger partial charge in [-0.1, -0.05) is 0 Å². The molecule has 0 aliphatic carbocycles. The van der Waals surface area contributed by atoms with E-state index in [1.54, 1.807) is 0 Å². The highest BCUT2D eigenvalue weighted by molar-refractivity contribution is 5.98. The number of nitrogens with zero attached hydrogens (tertiary/aromatic N) is 2. The van der Waals surface area contributed by atoms with Gasteiger partial charge in [0.2, 0.25) is 0 Å². The van der Waals surface area contributed by atoms with Gasteiger partial charge in [0.1, 0.15) is 11.8 Å². The number of piperidine rings is 1. The number of aliphatic carboxylic acids is 1. The number of carbonyl (C=O) groups is 2. The normalized spacial score (nSPS) is 19.6. The van der Waals surface area contributed by atoms with Crippen LogP contribution in [0.25, 0.3) is 0 Å². The fourth-order valence-corrected chi connectivity index (χ4v) is 2.15. The molecule has 0 bridgehead atoms. The van der Waals surface area contributed by atoms with Gasteiger partial charge < -0.3 is 15.1 Å². The predicted molar refractivity (Wildman–Crippen MR) is 62.2 cm³/mol. The molecular weight excluding hydrogens is 236 g/mol. The molecule has 1 aromatic rings. The predicted octanol–water partition coefficient (Wildman–Crippen LogP) is 0.866. The molecule has 2 N–H and O–H groups in total. The Labute approximate surface area is 104 Å². The Hall–Kier alpha value is -2.11. The van der Waals surface area contributed by atoms with E-state index >= 15 is 0 Å². The molecule has 1 amide bonds. The van der Waals surface area contributed by atoms with Crippen molar-refractivity contribution in [1.82, 2.24) is 9.88 Å². The van der Waals surface area contributed by atoms with Crippen molar-refractivity contribution in [2.45, 2.75) is 25.3 Å². The molecule has 1 atom stereocenters. The Morgan fingerprint density at radius 2 is 2.17 bits per heavy atom. The molecule has 0 aromatic carbocycles. The number of hydrogen-bond acceptors (Lipinski definition) is 4. The van der Waals surface area contributed by atoms with Crippen LogP contribution in [0.4, 0.5) is 0 Å². The van der Waals surface area contributed by atoms with Crippen LogP contribution in [0.2, 0.25) is 0 Å². The first-order valence-electron chi connectivity index (χ1n) is 5.78. The van der Waals surface area contributed by atoms with Gasteiger partial charge in [0, 0.05) is 12.7 Å². The van der Waals surface area contributed by atoms with E-state index < -0.39 is 17.9 Å². The van der Waals surface area contributed by atoms with Gasteiger partial charge in [0.15, 0.2) is 0 Å². The summed E-state index contributed by atoms with van der Waals surface area (Å²) in [5, 5.41) is 18.7. The quantitative estimate of drug-likeness (QED) is 0.812. The van der Waals surface area contributed by atoms with Crippen LogP contribution in [0, 0.1) is 0 Å². The fraction of sp³-hybridized carbons (Fsp3) is 0.417. The standard InChI is InChI=1S/C12H14N2O4/c15-10-7-13-5-4-8(10)11(16)14-6-2-1-3-9(14)12(17)18/h4-5,7,9,15H,1-3,6H2,(H,17,18)/t9-/m1/s1. The Balaban J connectivity index is 2.27. The average Bonchev–Trinajstić information content (AvgIpc) is 2.38. The highest BCUT2D eigenvalue weighted by Gasteiger charge is 2.33. The van der Waals surface area contributed by atoms with Crippen LogP contribution in [-0.4, -0.2) is 44.6 Å². The lowest BCUT2D eigenvalue weighted by molar-refractivity contribution is -0.143. The average molecular weight is 250 g/mol. The summed E-state index contributed by atoms with van der Waals surface area (Å²) in [6, 6.07) is 0.587. The number of amides is 1. The number of aromatic nitrogens is 1. The second-order valence-electron chi connectivity index (χ2n) is 4.24. The molecule has 0 spiro atoms. The second kappa shape index (κ2) is 5.03. The lowest BCUT2D eigenvalue weighted by Gasteiger charge is -2.33. The molecule has 1 aliphatic heterocycles. The Morgan fingerprint density at radius 1 is 1.39 bits per heavy atom. The van der Waals surface area contributed by atoms with Gasteiger partial charge in [-0.15, -0.1) is 0 Å². The number of rotatable bonds is 2. The highest BCUT2D eigenvalue weighted by Crippen LogP contribution is 2.23. The second-order valence-corrected chi connectivity index (χ2v) is 4.24. The highest BCUT2D eigenvalue weighted by atomic mass is 16.4. The summed E-state index contributed by atoms with van der Waals surface area (Å²) in [7, 11) is 0. The van der Waals surface area contributed by atoms with Crippen molar-refractivity contribution in [1.29, 1.82) is 0 Å². The molecule has 18 heavy (non-hydrogen) atoms. The molecule has 2 heterocycles. The molecule has 6 heteroatoms. The largest absolute Gasteiger partial charge is 0.505 e. The summed E-state index contributed by atoms with van der Waals surface area (Å²) in [4.78, 5) is 28.3. The summed E-state index contributed by atoms with van der Waals surface area (Å²) in [6.45, 7) is 0.400. The third-order valence-electron chi connectivity index (χ3n) is 3.08. The maximum Gasteiger partial charge on any atom is 0.326 e. The maximum atomic E-state index is 12.2. The monoisotopic (exact) mass is 250 g/mol. The van der Waals surface area contributed by atoms with Crippen LogP contribution in [0.3, 0.4) is 0 Å². The smallest absolute Gasteiger partial charge is 0.326 e. The molecule has 0 unspecified atom stereocenters. The Morgan fingerprint density at radius 3 is 2.83 bits per heavy atom. The van der Waals surface area contributed by atoms with E-state index in [9.17, 15) is 14.7 Å². The van der Waals surface area contributed by atoms with E-state index in [1.165, 1.54) is 23.4 Å². The summed E-state index contributed by atoms with van der Waals surface area (Å²) in [5.41, 5.74) is 0.0955. The van der Waals surface area contributed by atoms with Crippen LogP contribution in [0.5, 0.6) is 5.75 Å². The molecule has 0 saturated carbocycles. The summed E-state index contributed by atoms with van der Waals surface area (Å²) < 4.78 is 0. The summed E-state index contributed by atoms with van der Waals surface area (Å²) >= 11 is 0. The van der Waals surface area contributed by atoms with Crippen molar-refractivity contribution in [2.24, 2.45) is 0 Å². The van der Waals surface area contributed by atoms with Crippen molar-refractivity contribution in [3.63, 3.8) is 0 Å². The van der Waals surface area contributed by atoms with Gasteiger partial charge in [-0.3, -0.25) is 9.78 Å². The first kappa shape index (κ1) is 12.3. The van der Waals surface area contributed by atoms with Crippen molar-refractivity contribution < 1.29 is 19.8 Å². The van der Waals surface area contributed by atoms with E-state index in [2.05, 4.69) is 4.98 Å². The number of carboxylic acids is 1.